The molecule has 0 spiro atoms. The minimum Gasteiger partial charge on any atom is -0.289 e. The second kappa shape index (κ2) is 6.13. The molecular formula is C15H9BrClFO. The molecule has 0 radical (unpaired) electrons. The molecule has 0 amide bonds. The summed E-state index contributed by atoms with van der Waals surface area (Å²) in [7, 11) is 0. The molecule has 0 saturated carbocycles. The molecule has 2 aromatic rings. The highest BCUT2D eigenvalue weighted by atomic mass is 79.9. The average Bonchev–Trinajstić information content (AvgIpc) is 2.37. The molecule has 0 aromatic heterocycles. The van der Waals surface area contributed by atoms with Crippen LogP contribution in [0.15, 0.2) is 53.0 Å². The highest BCUT2D eigenvalue weighted by Crippen LogP contribution is 2.17. The van der Waals surface area contributed by atoms with Gasteiger partial charge < -0.3 is 0 Å². The van der Waals surface area contributed by atoms with Gasteiger partial charge in [0.2, 0.25) is 0 Å². The van der Waals surface area contributed by atoms with Crippen LogP contribution in [0.1, 0.15) is 15.9 Å². The third kappa shape index (κ3) is 3.75. The molecule has 19 heavy (non-hydrogen) atoms. The molecule has 0 heterocycles. The second-order valence-electron chi connectivity index (χ2n) is 3.87. The van der Waals surface area contributed by atoms with Gasteiger partial charge in [0.1, 0.15) is 5.82 Å². The van der Waals surface area contributed by atoms with Gasteiger partial charge in [-0.15, -0.1) is 0 Å². The van der Waals surface area contributed by atoms with Gasteiger partial charge in [0, 0.05) is 20.6 Å². The summed E-state index contributed by atoms with van der Waals surface area (Å²) >= 11 is 8.98. The van der Waals surface area contributed by atoms with Gasteiger partial charge in [-0.3, -0.25) is 4.79 Å². The van der Waals surface area contributed by atoms with Crippen molar-refractivity contribution < 1.29 is 9.18 Å². The Balaban J connectivity index is 2.21. The summed E-state index contributed by atoms with van der Waals surface area (Å²) in [6.07, 6.45) is 2.78. The third-order valence-corrected chi connectivity index (χ3v) is 3.21. The zero-order valence-electron chi connectivity index (χ0n) is 9.74. The zero-order valence-corrected chi connectivity index (χ0v) is 12.1. The Morgan fingerprint density at radius 3 is 2.68 bits per heavy atom. The van der Waals surface area contributed by atoms with Crippen molar-refractivity contribution in [3.63, 3.8) is 0 Å². The van der Waals surface area contributed by atoms with Gasteiger partial charge in [0.15, 0.2) is 5.78 Å². The number of benzene rings is 2. The molecule has 0 saturated heterocycles. The second-order valence-corrected chi connectivity index (χ2v) is 5.23. The van der Waals surface area contributed by atoms with Crippen molar-refractivity contribution in [1.82, 2.24) is 0 Å². The van der Waals surface area contributed by atoms with E-state index >= 15 is 0 Å². The van der Waals surface area contributed by atoms with E-state index in [2.05, 4.69) is 15.9 Å². The molecular weight excluding hydrogens is 331 g/mol. The van der Waals surface area contributed by atoms with Crippen LogP contribution in [-0.2, 0) is 0 Å². The van der Waals surface area contributed by atoms with E-state index in [1.807, 2.05) is 0 Å². The van der Waals surface area contributed by atoms with E-state index in [9.17, 15) is 9.18 Å². The molecule has 0 aliphatic heterocycles. The number of hydrogen-bond donors (Lipinski definition) is 0. The van der Waals surface area contributed by atoms with Crippen LogP contribution in [0.5, 0.6) is 0 Å². The predicted octanol–water partition coefficient (Wildman–Crippen LogP) is 5.14. The van der Waals surface area contributed by atoms with Crippen molar-refractivity contribution in [1.29, 1.82) is 0 Å². The monoisotopic (exact) mass is 338 g/mol. The average molecular weight is 340 g/mol. The van der Waals surface area contributed by atoms with Gasteiger partial charge in [-0.1, -0.05) is 45.7 Å². The maximum atomic E-state index is 13.6. The van der Waals surface area contributed by atoms with Gasteiger partial charge in [-0.25, -0.2) is 4.39 Å². The lowest BCUT2D eigenvalue weighted by Crippen LogP contribution is -1.93. The van der Waals surface area contributed by atoms with E-state index in [1.54, 1.807) is 36.4 Å². The Labute approximate surface area is 123 Å². The Morgan fingerprint density at radius 2 is 2.00 bits per heavy atom. The Morgan fingerprint density at radius 1 is 1.21 bits per heavy atom. The van der Waals surface area contributed by atoms with Crippen molar-refractivity contribution in [2.45, 2.75) is 0 Å². The first-order valence-corrected chi connectivity index (χ1v) is 6.66. The summed E-state index contributed by atoms with van der Waals surface area (Å²) in [6.45, 7) is 0. The topological polar surface area (TPSA) is 17.1 Å². The summed E-state index contributed by atoms with van der Waals surface area (Å²) in [5, 5.41) is 0.495. The summed E-state index contributed by atoms with van der Waals surface area (Å²) < 4.78 is 14.2. The number of rotatable bonds is 3. The van der Waals surface area contributed by atoms with Crippen LogP contribution in [0.3, 0.4) is 0 Å². The highest BCUT2D eigenvalue weighted by Gasteiger charge is 2.03. The summed E-state index contributed by atoms with van der Waals surface area (Å²) in [5.74, 6) is -0.602. The third-order valence-electron chi connectivity index (χ3n) is 2.49. The molecule has 0 fully saturated rings. The normalized spacial score (nSPS) is 10.9. The molecule has 96 valence electrons. The van der Waals surface area contributed by atoms with E-state index in [4.69, 9.17) is 11.6 Å². The lowest BCUT2D eigenvalue weighted by Gasteiger charge is -1.98. The van der Waals surface area contributed by atoms with Gasteiger partial charge in [-0.2, -0.15) is 0 Å². The fourth-order valence-electron chi connectivity index (χ4n) is 1.54. The highest BCUT2D eigenvalue weighted by molar-refractivity contribution is 9.10. The fraction of sp³-hybridized carbons (Fsp3) is 0. The summed E-state index contributed by atoms with van der Waals surface area (Å²) in [4.78, 5) is 11.9. The van der Waals surface area contributed by atoms with E-state index < -0.39 is 0 Å². The number of hydrogen-bond acceptors (Lipinski definition) is 1. The predicted molar refractivity (Wildman–Crippen MR) is 78.9 cm³/mol. The van der Waals surface area contributed by atoms with Crippen LogP contribution >= 0.6 is 27.5 Å². The largest absolute Gasteiger partial charge is 0.289 e. The van der Waals surface area contributed by atoms with Crippen LogP contribution in [0.2, 0.25) is 5.02 Å². The molecule has 4 heteroatoms. The summed E-state index contributed by atoms with van der Waals surface area (Å²) in [6, 6.07) is 11.3. The van der Waals surface area contributed by atoms with Crippen LogP contribution < -0.4 is 0 Å². The van der Waals surface area contributed by atoms with Crippen molar-refractivity contribution in [2.24, 2.45) is 0 Å². The Bertz CT molecular complexity index is 652. The van der Waals surface area contributed by atoms with E-state index in [0.29, 0.717) is 20.6 Å². The molecule has 0 bridgehead atoms. The first-order chi connectivity index (χ1) is 9.06. The smallest absolute Gasteiger partial charge is 0.185 e. The van der Waals surface area contributed by atoms with E-state index in [-0.39, 0.29) is 11.6 Å². The minimum absolute atomic E-state index is 0.218. The van der Waals surface area contributed by atoms with Crippen LogP contribution in [0.4, 0.5) is 4.39 Å². The lowest BCUT2D eigenvalue weighted by molar-refractivity contribution is 0.104. The van der Waals surface area contributed by atoms with Gasteiger partial charge in [-0.05, 0) is 36.4 Å². The number of halogens is 3. The maximum Gasteiger partial charge on any atom is 0.185 e. The van der Waals surface area contributed by atoms with Crippen molar-refractivity contribution in [3.8, 4) is 0 Å². The van der Waals surface area contributed by atoms with Crippen LogP contribution in [0, 0.1) is 5.82 Å². The molecule has 0 aliphatic carbocycles. The molecule has 0 unspecified atom stereocenters. The fourth-order valence-corrected chi connectivity index (χ4v) is 2.06. The molecule has 2 aromatic carbocycles. The summed E-state index contributed by atoms with van der Waals surface area (Å²) in [5.41, 5.74) is 0.833. The van der Waals surface area contributed by atoms with E-state index in [0.717, 1.165) is 0 Å². The van der Waals surface area contributed by atoms with Crippen molar-refractivity contribution in [3.05, 3.63) is 75.0 Å². The molecule has 1 nitrogen and oxygen atoms in total. The standard InChI is InChI=1S/C15H9BrClFO/c16-12-6-4-10(14(18)9-12)5-7-15(19)11-2-1-3-13(17)8-11/h1-9H/b7-5+. The Kier molecular flexibility index (Phi) is 4.51. The van der Waals surface area contributed by atoms with Crippen LogP contribution in [0.25, 0.3) is 6.08 Å². The van der Waals surface area contributed by atoms with Gasteiger partial charge >= 0.3 is 0 Å². The van der Waals surface area contributed by atoms with Crippen molar-refractivity contribution >= 4 is 39.4 Å². The number of carbonyl (C=O) groups excluding carboxylic acids is 1. The van der Waals surface area contributed by atoms with E-state index in [1.165, 1.54) is 18.2 Å². The molecule has 0 atom stereocenters. The number of carbonyl (C=O) groups is 1. The minimum atomic E-state index is -0.385. The molecule has 0 aliphatic rings. The quantitative estimate of drug-likeness (QED) is 0.559. The van der Waals surface area contributed by atoms with Gasteiger partial charge in [0.05, 0.1) is 0 Å². The van der Waals surface area contributed by atoms with Gasteiger partial charge in [0.25, 0.3) is 0 Å². The Hall–Kier alpha value is -1.45. The maximum absolute atomic E-state index is 13.6. The molecule has 2 rings (SSSR count). The zero-order chi connectivity index (χ0) is 13.8. The van der Waals surface area contributed by atoms with Crippen molar-refractivity contribution in [2.75, 3.05) is 0 Å². The molecule has 0 N–H and O–H groups in total. The first kappa shape index (κ1) is 14.0. The lowest BCUT2D eigenvalue weighted by atomic mass is 10.1. The SMILES string of the molecule is O=C(/C=C/c1ccc(Br)cc1F)c1cccc(Cl)c1. The number of allylic oxidation sites excluding steroid dienone is 1. The first-order valence-electron chi connectivity index (χ1n) is 5.49. The number of ketones is 1. The van der Waals surface area contributed by atoms with Crippen LogP contribution in [-0.4, -0.2) is 5.78 Å².